The van der Waals surface area contributed by atoms with Gasteiger partial charge < -0.3 is 9.42 Å². The molecule has 2 aromatic carbocycles. The van der Waals surface area contributed by atoms with E-state index in [1.165, 1.54) is 5.56 Å². The van der Waals surface area contributed by atoms with Gasteiger partial charge >= 0.3 is 0 Å². The highest BCUT2D eigenvalue weighted by Crippen LogP contribution is 2.32. The molecule has 5 heteroatoms. The molecular weight excluding hydrogens is 338 g/mol. The highest BCUT2D eigenvalue weighted by Gasteiger charge is 2.34. The van der Waals surface area contributed by atoms with E-state index in [1.54, 1.807) is 0 Å². The van der Waals surface area contributed by atoms with E-state index in [0.29, 0.717) is 30.6 Å². The Hall–Kier alpha value is -2.95. The van der Waals surface area contributed by atoms with Crippen LogP contribution in [0.3, 0.4) is 0 Å². The minimum absolute atomic E-state index is 0.0513. The minimum Gasteiger partial charge on any atom is -0.334 e. The Labute approximate surface area is 159 Å². The SMILES string of the molecule is Cc1cccc(-c2nc(C3CC(=O)N(c4ccc(C(C)C)cc4)C3)no2)c1. The molecule has 0 N–H and O–H groups in total. The maximum absolute atomic E-state index is 12.5. The molecule has 27 heavy (non-hydrogen) atoms. The maximum Gasteiger partial charge on any atom is 0.257 e. The summed E-state index contributed by atoms with van der Waals surface area (Å²) in [6.45, 7) is 6.92. The highest BCUT2D eigenvalue weighted by atomic mass is 16.5. The fourth-order valence-electron chi connectivity index (χ4n) is 3.47. The first-order valence-corrected chi connectivity index (χ1v) is 9.32. The predicted molar refractivity (Wildman–Crippen MR) is 105 cm³/mol. The number of aromatic nitrogens is 2. The monoisotopic (exact) mass is 361 g/mol. The molecule has 1 aliphatic heterocycles. The van der Waals surface area contributed by atoms with E-state index in [1.807, 2.05) is 48.2 Å². The summed E-state index contributed by atoms with van der Waals surface area (Å²) in [7, 11) is 0. The number of anilines is 1. The van der Waals surface area contributed by atoms with Gasteiger partial charge in [0.2, 0.25) is 5.91 Å². The van der Waals surface area contributed by atoms with Gasteiger partial charge in [0.15, 0.2) is 5.82 Å². The third-order valence-corrected chi connectivity index (χ3v) is 5.07. The maximum atomic E-state index is 12.5. The largest absolute Gasteiger partial charge is 0.334 e. The Morgan fingerprint density at radius 2 is 1.93 bits per heavy atom. The van der Waals surface area contributed by atoms with Crippen LogP contribution < -0.4 is 4.90 Å². The molecule has 3 aromatic rings. The summed E-state index contributed by atoms with van der Waals surface area (Å²) >= 11 is 0. The van der Waals surface area contributed by atoms with Crippen LogP contribution in [0.4, 0.5) is 5.69 Å². The number of hydrogen-bond acceptors (Lipinski definition) is 4. The number of amides is 1. The smallest absolute Gasteiger partial charge is 0.257 e. The van der Waals surface area contributed by atoms with Gasteiger partial charge in [-0.3, -0.25) is 4.79 Å². The summed E-state index contributed by atoms with van der Waals surface area (Å²) in [5, 5.41) is 4.14. The molecule has 1 atom stereocenters. The molecule has 0 aliphatic carbocycles. The van der Waals surface area contributed by atoms with Crippen molar-refractivity contribution in [2.75, 3.05) is 11.4 Å². The van der Waals surface area contributed by atoms with Gasteiger partial charge in [0.25, 0.3) is 5.89 Å². The second-order valence-corrected chi connectivity index (χ2v) is 7.48. The van der Waals surface area contributed by atoms with Gasteiger partial charge in [0.1, 0.15) is 0 Å². The Morgan fingerprint density at radius 1 is 1.15 bits per heavy atom. The van der Waals surface area contributed by atoms with Gasteiger partial charge in [0, 0.05) is 30.1 Å². The number of nitrogens with zero attached hydrogens (tertiary/aromatic N) is 3. The molecule has 138 valence electrons. The second-order valence-electron chi connectivity index (χ2n) is 7.48. The van der Waals surface area contributed by atoms with Crippen LogP contribution in [-0.2, 0) is 4.79 Å². The fourth-order valence-corrected chi connectivity index (χ4v) is 3.47. The molecule has 0 bridgehead atoms. The van der Waals surface area contributed by atoms with Crippen molar-refractivity contribution in [3.05, 3.63) is 65.5 Å². The number of carbonyl (C=O) groups excluding carboxylic acids is 1. The second kappa shape index (κ2) is 6.99. The zero-order valence-electron chi connectivity index (χ0n) is 15.8. The standard InChI is InChI=1S/C22H23N3O2/c1-14(2)16-7-9-19(10-8-16)25-13-18(12-20(25)26)21-23-22(27-24-21)17-6-4-5-15(3)11-17/h4-11,14,18H,12-13H2,1-3H3. The van der Waals surface area contributed by atoms with Crippen molar-refractivity contribution in [3.8, 4) is 11.5 Å². The molecule has 1 unspecified atom stereocenters. The molecule has 5 nitrogen and oxygen atoms in total. The van der Waals surface area contributed by atoms with Crippen LogP contribution in [0.2, 0.25) is 0 Å². The molecule has 0 radical (unpaired) electrons. The van der Waals surface area contributed by atoms with E-state index in [-0.39, 0.29) is 11.8 Å². The average molecular weight is 361 g/mol. The first-order valence-electron chi connectivity index (χ1n) is 9.32. The van der Waals surface area contributed by atoms with Crippen LogP contribution in [0.25, 0.3) is 11.5 Å². The topological polar surface area (TPSA) is 59.2 Å². The van der Waals surface area contributed by atoms with E-state index in [2.05, 4.69) is 36.1 Å². The molecular formula is C22H23N3O2. The van der Waals surface area contributed by atoms with Crippen molar-refractivity contribution in [2.45, 2.75) is 39.0 Å². The average Bonchev–Trinajstić information content (AvgIpc) is 3.29. The van der Waals surface area contributed by atoms with Crippen molar-refractivity contribution in [1.82, 2.24) is 10.1 Å². The first-order chi connectivity index (χ1) is 13.0. The molecule has 1 aliphatic rings. The molecule has 2 heterocycles. The van der Waals surface area contributed by atoms with Crippen LogP contribution in [0.1, 0.15) is 49.1 Å². The first kappa shape index (κ1) is 17.5. The van der Waals surface area contributed by atoms with E-state index < -0.39 is 0 Å². The van der Waals surface area contributed by atoms with Crippen LogP contribution >= 0.6 is 0 Å². The number of rotatable bonds is 4. The summed E-state index contributed by atoms with van der Waals surface area (Å²) in [5.74, 6) is 1.62. The van der Waals surface area contributed by atoms with E-state index >= 15 is 0 Å². The van der Waals surface area contributed by atoms with Gasteiger partial charge in [-0.2, -0.15) is 4.98 Å². The van der Waals surface area contributed by atoms with E-state index in [4.69, 9.17) is 4.52 Å². The highest BCUT2D eigenvalue weighted by molar-refractivity contribution is 5.96. The van der Waals surface area contributed by atoms with Crippen LogP contribution in [0, 0.1) is 6.92 Å². The van der Waals surface area contributed by atoms with Crippen molar-refractivity contribution in [1.29, 1.82) is 0 Å². The minimum atomic E-state index is -0.0513. The van der Waals surface area contributed by atoms with Crippen LogP contribution in [-0.4, -0.2) is 22.6 Å². The molecule has 1 fully saturated rings. The van der Waals surface area contributed by atoms with E-state index in [0.717, 1.165) is 16.8 Å². The lowest BCUT2D eigenvalue weighted by atomic mass is 10.0. The molecule has 4 rings (SSSR count). The third-order valence-electron chi connectivity index (χ3n) is 5.07. The summed E-state index contributed by atoms with van der Waals surface area (Å²) in [4.78, 5) is 18.9. The molecule has 1 aromatic heterocycles. The Kier molecular flexibility index (Phi) is 4.52. The van der Waals surface area contributed by atoms with Gasteiger partial charge in [-0.1, -0.05) is 48.8 Å². The molecule has 1 amide bonds. The van der Waals surface area contributed by atoms with E-state index in [9.17, 15) is 4.79 Å². The summed E-state index contributed by atoms with van der Waals surface area (Å²) in [5.41, 5.74) is 4.23. The van der Waals surface area contributed by atoms with Crippen molar-refractivity contribution < 1.29 is 9.32 Å². The van der Waals surface area contributed by atoms with Gasteiger partial charge in [-0.15, -0.1) is 0 Å². The Balaban J connectivity index is 1.52. The number of carbonyl (C=O) groups is 1. The third kappa shape index (κ3) is 3.50. The number of hydrogen-bond donors (Lipinski definition) is 0. The fraction of sp³-hybridized carbons (Fsp3) is 0.318. The van der Waals surface area contributed by atoms with Crippen molar-refractivity contribution >= 4 is 11.6 Å². The zero-order chi connectivity index (χ0) is 19.0. The Morgan fingerprint density at radius 3 is 2.63 bits per heavy atom. The van der Waals surface area contributed by atoms with Gasteiger partial charge in [-0.25, -0.2) is 0 Å². The van der Waals surface area contributed by atoms with Crippen LogP contribution in [0.15, 0.2) is 53.1 Å². The lowest BCUT2D eigenvalue weighted by Gasteiger charge is -2.17. The summed E-state index contributed by atoms with van der Waals surface area (Å²) in [6, 6.07) is 16.2. The normalized spacial score (nSPS) is 17.1. The van der Waals surface area contributed by atoms with Crippen molar-refractivity contribution in [3.63, 3.8) is 0 Å². The number of benzene rings is 2. The summed E-state index contributed by atoms with van der Waals surface area (Å²) < 4.78 is 5.45. The zero-order valence-corrected chi connectivity index (χ0v) is 15.8. The molecule has 0 saturated carbocycles. The molecule has 1 saturated heterocycles. The Bertz CT molecular complexity index is 960. The number of aryl methyl sites for hydroxylation is 1. The quantitative estimate of drug-likeness (QED) is 0.676. The predicted octanol–water partition coefficient (Wildman–Crippen LogP) is 4.69. The lowest BCUT2D eigenvalue weighted by Crippen LogP contribution is -2.24. The van der Waals surface area contributed by atoms with Gasteiger partial charge in [-0.05, 0) is 42.7 Å². The van der Waals surface area contributed by atoms with Gasteiger partial charge in [0.05, 0.1) is 0 Å². The van der Waals surface area contributed by atoms with Crippen LogP contribution in [0.5, 0.6) is 0 Å². The summed E-state index contributed by atoms with van der Waals surface area (Å²) in [6.07, 6.45) is 0.402. The lowest BCUT2D eigenvalue weighted by molar-refractivity contribution is -0.117. The van der Waals surface area contributed by atoms with Crippen molar-refractivity contribution in [2.24, 2.45) is 0 Å². The molecule has 0 spiro atoms.